The Hall–Kier alpha value is -4.97. The Balaban J connectivity index is 1.49. The van der Waals surface area contributed by atoms with Crippen LogP contribution in [-0.2, 0) is 12.8 Å². The van der Waals surface area contributed by atoms with Crippen LogP contribution in [0, 0.1) is 30.9 Å². The third-order valence-electron chi connectivity index (χ3n) is 8.05. The molecule has 0 amide bonds. The molecule has 2 unspecified atom stereocenters. The molecule has 0 bridgehead atoms. The van der Waals surface area contributed by atoms with E-state index in [0.717, 1.165) is 45.0 Å². The van der Waals surface area contributed by atoms with E-state index < -0.39 is 0 Å². The maximum Gasteiger partial charge on any atom is 0.270 e. The molecule has 1 heterocycles. The Bertz CT molecular complexity index is 1670. The third kappa shape index (κ3) is 7.32. The molecule has 6 heteroatoms. The molecule has 5 aromatic rings. The lowest BCUT2D eigenvalue weighted by molar-refractivity contribution is -0.385. The maximum absolute atomic E-state index is 12.0. The number of benzene rings is 4. The zero-order valence-corrected chi connectivity index (χ0v) is 26.1. The molecule has 1 aromatic heterocycles. The quantitative estimate of drug-likeness (QED) is 0.119. The van der Waals surface area contributed by atoms with Crippen molar-refractivity contribution in [1.82, 2.24) is 4.98 Å². The predicted octanol–water partition coefficient (Wildman–Crippen LogP) is 9.44. The van der Waals surface area contributed by atoms with Gasteiger partial charge >= 0.3 is 0 Å². The molecule has 0 aliphatic rings. The average molecular weight is 585 g/mol. The average Bonchev–Trinajstić information content (AvgIpc) is 3.01. The van der Waals surface area contributed by atoms with Crippen LogP contribution < -0.4 is 10.6 Å². The fourth-order valence-corrected chi connectivity index (χ4v) is 5.89. The van der Waals surface area contributed by atoms with E-state index in [0.29, 0.717) is 12.8 Å². The molecule has 0 spiro atoms. The Morgan fingerprint density at radius 3 is 1.57 bits per heavy atom. The first-order chi connectivity index (χ1) is 21.2. The summed E-state index contributed by atoms with van der Waals surface area (Å²) >= 11 is 0. The molecular formula is C38H40N4O2. The molecule has 0 aliphatic carbocycles. The van der Waals surface area contributed by atoms with Gasteiger partial charge in [-0.3, -0.25) is 15.1 Å². The van der Waals surface area contributed by atoms with E-state index in [2.05, 4.69) is 93.8 Å². The first kappa shape index (κ1) is 30.5. The van der Waals surface area contributed by atoms with Crippen LogP contribution >= 0.6 is 0 Å². The summed E-state index contributed by atoms with van der Waals surface area (Å²) in [6, 6.07) is 34.0. The summed E-state index contributed by atoms with van der Waals surface area (Å²) in [7, 11) is 0. The van der Waals surface area contributed by atoms with E-state index in [1.807, 2.05) is 42.5 Å². The van der Waals surface area contributed by atoms with Crippen molar-refractivity contribution in [3.8, 4) is 0 Å². The second-order valence-corrected chi connectivity index (χ2v) is 11.7. The van der Waals surface area contributed by atoms with Crippen molar-refractivity contribution in [2.45, 2.75) is 59.5 Å². The van der Waals surface area contributed by atoms with E-state index in [-0.39, 0.29) is 22.7 Å². The van der Waals surface area contributed by atoms with Gasteiger partial charge in [0.1, 0.15) is 0 Å². The summed E-state index contributed by atoms with van der Waals surface area (Å²) in [5, 5.41) is 19.4. The molecule has 2 atom stereocenters. The minimum Gasteiger partial charge on any atom is -0.377 e. The van der Waals surface area contributed by atoms with Crippen molar-refractivity contribution in [1.29, 1.82) is 0 Å². The number of anilines is 2. The fourth-order valence-electron chi connectivity index (χ4n) is 5.89. The van der Waals surface area contributed by atoms with E-state index in [1.54, 1.807) is 12.1 Å². The second kappa shape index (κ2) is 13.6. The van der Waals surface area contributed by atoms with E-state index in [9.17, 15) is 10.1 Å². The van der Waals surface area contributed by atoms with Crippen molar-refractivity contribution in [2.24, 2.45) is 0 Å². The molecule has 6 nitrogen and oxygen atoms in total. The molecule has 4 aromatic carbocycles. The molecule has 0 saturated carbocycles. The summed E-state index contributed by atoms with van der Waals surface area (Å²) in [4.78, 5) is 16.8. The van der Waals surface area contributed by atoms with Crippen LogP contribution in [0.25, 0.3) is 0 Å². The number of hydrogen-bond acceptors (Lipinski definition) is 5. The summed E-state index contributed by atoms with van der Waals surface area (Å²) in [5.41, 5.74) is 11.7. The number of hydrogen-bond donors (Lipinski definition) is 2. The van der Waals surface area contributed by atoms with Gasteiger partial charge in [0.2, 0.25) is 0 Å². The molecule has 0 saturated heterocycles. The van der Waals surface area contributed by atoms with Crippen LogP contribution in [0.1, 0.15) is 76.3 Å². The summed E-state index contributed by atoms with van der Waals surface area (Å²) in [6.07, 6.45) is 1.14. The zero-order valence-electron chi connectivity index (χ0n) is 26.1. The summed E-state index contributed by atoms with van der Waals surface area (Å²) in [5.74, 6) is 0. The highest BCUT2D eigenvalue weighted by molar-refractivity contribution is 5.65. The van der Waals surface area contributed by atoms with E-state index in [1.165, 1.54) is 16.7 Å². The van der Waals surface area contributed by atoms with Gasteiger partial charge in [0.05, 0.1) is 28.4 Å². The molecule has 0 aliphatic heterocycles. The van der Waals surface area contributed by atoms with Gasteiger partial charge in [-0.05, 0) is 93.0 Å². The maximum atomic E-state index is 12.0. The zero-order chi connectivity index (χ0) is 31.2. The highest BCUT2D eigenvalue weighted by Crippen LogP contribution is 2.34. The van der Waals surface area contributed by atoms with Crippen LogP contribution in [-0.4, -0.2) is 9.91 Å². The molecule has 44 heavy (non-hydrogen) atoms. The lowest BCUT2D eigenvalue weighted by Gasteiger charge is -2.23. The van der Waals surface area contributed by atoms with Crippen LogP contribution in [0.3, 0.4) is 0 Å². The third-order valence-corrected chi connectivity index (χ3v) is 8.05. The van der Waals surface area contributed by atoms with Gasteiger partial charge in [-0.2, -0.15) is 0 Å². The van der Waals surface area contributed by atoms with Gasteiger partial charge in [0.15, 0.2) is 0 Å². The van der Waals surface area contributed by atoms with Gasteiger partial charge in [-0.15, -0.1) is 0 Å². The second-order valence-electron chi connectivity index (χ2n) is 11.7. The van der Waals surface area contributed by atoms with Crippen LogP contribution in [0.4, 0.5) is 17.1 Å². The lowest BCUT2D eigenvalue weighted by atomic mass is 9.94. The first-order valence-corrected chi connectivity index (χ1v) is 15.1. The molecule has 5 rings (SSSR count). The Morgan fingerprint density at radius 2 is 1.11 bits per heavy atom. The van der Waals surface area contributed by atoms with Crippen molar-refractivity contribution in [2.75, 3.05) is 10.6 Å². The summed E-state index contributed by atoms with van der Waals surface area (Å²) in [6.45, 7) is 10.6. The van der Waals surface area contributed by atoms with E-state index in [4.69, 9.17) is 4.98 Å². The normalized spacial score (nSPS) is 12.4. The minimum absolute atomic E-state index is 0.00362. The van der Waals surface area contributed by atoms with Crippen molar-refractivity contribution in [3.05, 3.63) is 164 Å². The van der Waals surface area contributed by atoms with Gasteiger partial charge in [0, 0.05) is 23.5 Å². The van der Waals surface area contributed by atoms with Crippen LogP contribution in [0.15, 0.2) is 103 Å². The number of rotatable bonds is 11. The molecular weight excluding hydrogens is 544 g/mol. The van der Waals surface area contributed by atoms with Gasteiger partial charge < -0.3 is 10.6 Å². The van der Waals surface area contributed by atoms with Gasteiger partial charge in [-0.25, -0.2) is 0 Å². The highest BCUT2D eigenvalue weighted by Gasteiger charge is 2.21. The molecule has 0 fully saturated rings. The number of nitro groups is 1. The SMILES string of the molecule is Cc1cc(C)c(NC(C)c2cccc(C(C)Nc3c(Cc4ccccc4)cc([N+](=O)[O-])cc3Cc3ccccc3)n2)c(C)c1. The van der Waals surface area contributed by atoms with Crippen LogP contribution in [0.2, 0.25) is 0 Å². The molecule has 2 N–H and O–H groups in total. The number of aryl methyl sites for hydroxylation is 3. The predicted molar refractivity (Wildman–Crippen MR) is 181 cm³/mol. The fraction of sp³-hybridized carbons (Fsp3) is 0.237. The Morgan fingerprint density at radius 1 is 0.659 bits per heavy atom. The first-order valence-electron chi connectivity index (χ1n) is 15.1. The largest absolute Gasteiger partial charge is 0.377 e. The number of non-ortho nitro benzene ring substituents is 1. The monoisotopic (exact) mass is 584 g/mol. The molecule has 0 radical (unpaired) electrons. The standard InChI is InChI=1S/C38H40N4O2/c1-25-19-26(2)37(27(3)20-25)39-28(4)35-17-12-18-36(41-35)29(5)40-38-32(21-30-13-8-6-9-14-30)23-34(42(43)44)24-33(38)22-31-15-10-7-11-16-31/h6-20,23-24,28-29,39-40H,21-22H2,1-5H3. The summed E-state index contributed by atoms with van der Waals surface area (Å²) < 4.78 is 0. The molecule has 224 valence electrons. The van der Waals surface area contributed by atoms with Gasteiger partial charge in [0.25, 0.3) is 5.69 Å². The lowest BCUT2D eigenvalue weighted by Crippen LogP contribution is -2.16. The topological polar surface area (TPSA) is 80.1 Å². The van der Waals surface area contributed by atoms with Gasteiger partial charge in [-0.1, -0.05) is 84.4 Å². The number of nitro benzene ring substituents is 1. The minimum atomic E-state index is -0.299. The number of pyridine rings is 1. The van der Waals surface area contributed by atoms with Crippen molar-refractivity contribution < 1.29 is 4.92 Å². The van der Waals surface area contributed by atoms with E-state index >= 15 is 0 Å². The Kier molecular flexibility index (Phi) is 9.39. The van der Waals surface area contributed by atoms with Crippen LogP contribution in [0.5, 0.6) is 0 Å². The highest BCUT2D eigenvalue weighted by atomic mass is 16.6. The Labute approximate surface area is 260 Å². The number of nitrogens with one attached hydrogen (secondary N) is 2. The number of aromatic nitrogens is 1. The number of nitrogens with zero attached hydrogens (tertiary/aromatic N) is 2. The van der Waals surface area contributed by atoms with Crippen molar-refractivity contribution >= 4 is 17.1 Å². The van der Waals surface area contributed by atoms with Crippen molar-refractivity contribution in [3.63, 3.8) is 0 Å². The smallest absolute Gasteiger partial charge is 0.270 e.